The number of aromatic carboxylic acids is 1. The molecule has 8 heteroatoms. The Balaban J connectivity index is 1.95. The first-order valence-corrected chi connectivity index (χ1v) is 8.41. The molecule has 0 saturated carbocycles. The van der Waals surface area contributed by atoms with Crippen LogP contribution in [0.3, 0.4) is 0 Å². The molecular formula is C15H9IN2O4S. The molecule has 23 heavy (non-hydrogen) atoms. The van der Waals surface area contributed by atoms with Crippen molar-refractivity contribution in [2.45, 2.75) is 0 Å². The van der Waals surface area contributed by atoms with Gasteiger partial charge in [-0.05, 0) is 58.3 Å². The Morgan fingerprint density at radius 2 is 1.91 bits per heavy atom. The van der Waals surface area contributed by atoms with Crippen LogP contribution < -0.4 is 10.4 Å². The lowest BCUT2D eigenvalue weighted by atomic mass is 10.1. The van der Waals surface area contributed by atoms with Crippen molar-refractivity contribution in [3.05, 3.63) is 55.3 Å². The lowest BCUT2D eigenvalue weighted by Gasteiger charge is -2.14. The zero-order chi connectivity index (χ0) is 16.6. The molecule has 0 spiro atoms. The second-order valence-corrected chi connectivity index (χ2v) is 6.65. The molecule has 1 fully saturated rings. The van der Waals surface area contributed by atoms with Gasteiger partial charge in [-0.15, -0.1) is 0 Å². The van der Waals surface area contributed by atoms with Crippen molar-refractivity contribution in [3.8, 4) is 0 Å². The molecule has 1 aliphatic heterocycles. The number of thiophene rings is 1. The summed E-state index contributed by atoms with van der Waals surface area (Å²) in [7, 11) is 0. The van der Waals surface area contributed by atoms with E-state index in [1.807, 2.05) is 12.1 Å². The normalized spacial score (nSPS) is 16.0. The Hall–Kier alpha value is -2.20. The van der Waals surface area contributed by atoms with Gasteiger partial charge in [0.2, 0.25) is 0 Å². The van der Waals surface area contributed by atoms with Gasteiger partial charge in [0.05, 0.1) is 11.3 Å². The van der Waals surface area contributed by atoms with E-state index in [1.54, 1.807) is 17.5 Å². The van der Waals surface area contributed by atoms with E-state index in [1.165, 1.54) is 22.8 Å². The number of nitrogens with zero attached hydrogens (tertiary/aromatic N) is 1. The summed E-state index contributed by atoms with van der Waals surface area (Å²) in [5.74, 6) is -2.17. The number of halogens is 1. The van der Waals surface area contributed by atoms with Crippen LogP contribution in [0.5, 0.6) is 0 Å². The van der Waals surface area contributed by atoms with Crippen molar-refractivity contribution in [1.29, 1.82) is 0 Å². The quantitative estimate of drug-likeness (QED) is 0.437. The number of rotatable bonds is 3. The average Bonchev–Trinajstić information content (AvgIpc) is 3.08. The minimum absolute atomic E-state index is 0.0656. The minimum Gasteiger partial charge on any atom is -0.478 e. The summed E-state index contributed by atoms with van der Waals surface area (Å²) in [5.41, 5.74) is 3.33. The average molecular weight is 440 g/mol. The topological polar surface area (TPSA) is 86.7 Å². The summed E-state index contributed by atoms with van der Waals surface area (Å²) < 4.78 is 1.00. The Morgan fingerprint density at radius 1 is 1.22 bits per heavy atom. The molecule has 1 saturated heterocycles. The molecule has 3 rings (SSSR count). The second kappa shape index (κ2) is 6.13. The Kier molecular flexibility index (Phi) is 4.18. The molecule has 2 N–H and O–H groups in total. The number of benzene rings is 1. The molecule has 116 valence electrons. The highest BCUT2D eigenvalue weighted by Crippen LogP contribution is 2.24. The van der Waals surface area contributed by atoms with E-state index in [0.717, 1.165) is 8.58 Å². The maximum Gasteiger partial charge on any atom is 0.337 e. The van der Waals surface area contributed by atoms with Crippen LogP contribution >= 0.6 is 33.9 Å². The molecule has 0 radical (unpaired) electrons. The van der Waals surface area contributed by atoms with Crippen molar-refractivity contribution in [3.63, 3.8) is 0 Å². The number of hydrogen-bond acceptors (Lipinski definition) is 4. The number of nitrogens with one attached hydrogen (secondary N) is 1. The maximum atomic E-state index is 12.4. The van der Waals surface area contributed by atoms with Gasteiger partial charge in [-0.3, -0.25) is 15.0 Å². The van der Waals surface area contributed by atoms with Gasteiger partial charge in [0, 0.05) is 14.5 Å². The van der Waals surface area contributed by atoms with Crippen molar-refractivity contribution in [2.75, 3.05) is 5.01 Å². The van der Waals surface area contributed by atoms with E-state index in [4.69, 9.17) is 5.11 Å². The van der Waals surface area contributed by atoms with E-state index in [2.05, 4.69) is 28.0 Å². The summed E-state index contributed by atoms with van der Waals surface area (Å²) in [6.07, 6.45) is 1.31. The van der Waals surface area contributed by atoms with Crippen LogP contribution in [0.15, 0.2) is 40.6 Å². The fourth-order valence-electron chi connectivity index (χ4n) is 2.08. The Morgan fingerprint density at radius 3 is 2.57 bits per heavy atom. The van der Waals surface area contributed by atoms with Gasteiger partial charge in [0.1, 0.15) is 5.57 Å². The molecule has 1 aromatic carbocycles. The monoisotopic (exact) mass is 440 g/mol. The zero-order valence-electron chi connectivity index (χ0n) is 11.4. The van der Waals surface area contributed by atoms with Gasteiger partial charge >= 0.3 is 5.97 Å². The summed E-state index contributed by atoms with van der Waals surface area (Å²) >= 11 is 3.34. The number of hydrazine groups is 1. The summed E-state index contributed by atoms with van der Waals surface area (Å²) in [5, 5.41) is 13.3. The summed E-state index contributed by atoms with van der Waals surface area (Å²) in [6, 6.07) is 7.07. The Labute approximate surface area is 148 Å². The van der Waals surface area contributed by atoms with Crippen LogP contribution in [-0.4, -0.2) is 22.9 Å². The lowest BCUT2D eigenvalue weighted by Crippen LogP contribution is -2.35. The van der Waals surface area contributed by atoms with Gasteiger partial charge in [-0.2, -0.15) is 11.3 Å². The molecule has 2 amide bonds. The minimum atomic E-state index is -1.10. The van der Waals surface area contributed by atoms with Crippen molar-refractivity contribution >= 4 is 63.5 Å². The largest absolute Gasteiger partial charge is 0.478 e. The van der Waals surface area contributed by atoms with E-state index < -0.39 is 17.8 Å². The summed E-state index contributed by atoms with van der Waals surface area (Å²) in [4.78, 5) is 35.6. The smallest absolute Gasteiger partial charge is 0.337 e. The SMILES string of the molecule is O=C1NN(c2ccc(I)cc2)C(=O)/C1=C\c1cscc1C(=O)O. The predicted octanol–water partition coefficient (Wildman–Crippen LogP) is 2.51. The van der Waals surface area contributed by atoms with Crippen molar-refractivity contribution in [2.24, 2.45) is 0 Å². The van der Waals surface area contributed by atoms with E-state index in [-0.39, 0.29) is 11.1 Å². The van der Waals surface area contributed by atoms with Crippen LogP contribution in [0.2, 0.25) is 0 Å². The Bertz CT molecular complexity index is 841. The number of carbonyl (C=O) groups excluding carboxylic acids is 2. The lowest BCUT2D eigenvalue weighted by molar-refractivity contribution is -0.117. The first kappa shape index (κ1) is 15.7. The third kappa shape index (κ3) is 2.99. The molecule has 0 aliphatic carbocycles. The predicted molar refractivity (Wildman–Crippen MR) is 94.0 cm³/mol. The number of amides is 2. The fourth-order valence-corrected chi connectivity index (χ4v) is 3.22. The number of anilines is 1. The van der Waals surface area contributed by atoms with Gasteiger partial charge in [-0.1, -0.05) is 0 Å². The maximum absolute atomic E-state index is 12.4. The van der Waals surface area contributed by atoms with Crippen molar-refractivity contribution in [1.82, 2.24) is 5.43 Å². The molecule has 0 unspecified atom stereocenters. The van der Waals surface area contributed by atoms with Crippen LogP contribution in [0.25, 0.3) is 6.08 Å². The van der Waals surface area contributed by atoms with Crippen LogP contribution in [0.4, 0.5) is 5.69 Å². The molecule has 1 aliphatic rings. The first-order valence-electron chi connectivity index (χ1n) is 6.39. The number of carbonyl (C=O) groups is 3. The van der Waals surface area contributed by atoms with E-state index in [9.17, 15) is 14.4 Å². The van der Waals surface area contributed by atoms with E-state index >= 15 is 0 Å². The number of hydrogen-bond donors (Lipinski definition) is 2. The number of carboxylic acid groups (broad SMARTS) is 1. The highest BCUT2D eigenvalue weighted by Gasteiger charge is 2.34. The van der Waals surface area contributed by atoms with Crippen LogP contribution in [-0.2, 0) is 9.59 Å². The molecule has 6 nitrogen and oxygen atoms in total. The highest BCUT2D eigenvalue weighted by molar-refractivity contribution is 14.1. The van der Waals surface area contributed by atoms with Gasteiger partial charge < -0.3 is 5.11 Å². The van der Waals surface area contributed by atoms with Crippen LogP contribution in [0, 0.1) is 3.57 Å². The standard InChI is InChI=1S/C15H9IN2O4S/c16-9-1-3-10(4-2-9)18-14(20)11(13(19)17-18)5-8-6-23-7-12(8)15(21)22/h1-7H,(H,17,19)(H,21,22)/b11-5-. The molecular weight excluding hydrogens is 431 g/mol. The first-order chi connectivity index (χ1) is 11.0. The summed E-state index contributed by atoms with van der Waals surface area (Å²) in [6.45, 7) is 0. The van der Waals surface area contributed by atoms with Crippen molar-refractivity contribution < 1.29 is 19.5 Å². The molecule has 2 heterocycles. The third-order valence-corrected chi connectivity index (χ3v) is 4.68. The van der Waals surface area contributed by atoms with Gasteiger partial charge in [0.15, 0.2) is 0 Å². The number of carboxylic acids is 1. The third-order valence-electron chi connectivity index (χ3n) is 3.20. The highest BCUT2D eigenvalue weighted by atomic mass is 127. The molecule has 1 aromatic heterocycles. The van der Waals surface area contributed by atoms with Gasteiger partial charge in [0.25, 0.3) is 11.8 Å². The second-order valence-electron chi connectivity index (χ2n) is 4.66. The van der Waals surface area contributed by atoms with Gasteiger partial charge in [-0.25, -0.2) is 9.80 Å². The van der Waals surface area contributed by atoms with E-state index in [0.29, 0.717) is 11.3 Å². The molecule has 0 bridgehead atoms. The van der Waals surface area contributed by atoms with Crippen LogP contribution in [0.1, 0.15) is 15.9 Å². The fraction of sp³-hybridized carbons (Fsp3) is 0. The molecule has 0 atom stereocenters. The molecule has 2 aromatic rings. The zero-order valence-corrected chi connectivity index (χ0v) is 14.4.